The summed E-state index contributed by atoms with van der Waals surface area (Å²) in [6.07, 6.45) is 1.86. The molecule has 0 spiro atoms. The maximum atomic E-state index is 12.3. The van der Waals surface area contributed by atoms with Crippen LogP contribution in [0, 0.1) is 0 Å². The standard InChI is InChI=1S/C16H23N2O6PS2/c1-16(2,27-26-12-4-3-9-17-12)8-11-25(22,23)10-7-15(21)24-18-13(19)5-6-14(18)20/h3-4,9,17H,5-8,10-11H2,1-2H3,(H,22,23). The zero-order valence-electron chi connectivity index (χ0n) is 15.2. The highest BCUT2D eigenvalue weighted by atomic mass is 33.1. The Balaban J connectivity index is 1.73. The van der Waals surface area contributed by atoms with Gasteiger partial charge in [0.2, 0.25) is 7.37 Å². The number of H-pyrrole nitrogens is 1. The van der Waals surface area contributed by atoms with Crippen LogP contribution in [0.5, 0.6) is 0 Å². The van der Waals surface area contributed by atoms with Crippen molar-refractivity contribution in [2.24, 2.45) is 0 Å². The molecule has 1 aromatic rings. The van der Waals surface area contributed by atoms with E-state index in [2.05, 4.69) is 4.98 Å². The lowest BCUT2D eigenvalue weighted by atomic mass is 10.1. The molecular formula is C16H23N2O6PS2. The third-order valence-electron chi connectivity index (χ3n) is 3.85. The van der Waals surface area contributed by atoms with Gasteiger partial charge in [-0.2, -0.15) is 0 Å². The molecule has 0 aromatic carbocycles. The number of hydrogen-bond acceptors (Lipinski definition) is 7. The Morgan fingerprint density at radius 1 is 1.33 bits per heavy atom. The van der Waals surface area contributed by atoms with E-state index < -0.39 is 25.2 Å². The number of hydroxylamine groups is 2. The summed E-state index contributed by atoms with van der Waals surface area (Å²) >= 11 is 0. The van der Waals surface area contributed by atoms with Crippen molar-refractivity contribution in [3.63, 3.8) is 0 Å². The van der Waals surface area contributed by atoms with Gasteiger partial charge in [-0.1, -0.05) is 10.8 Å². The van der Waals surface area contributed by atoms with Gasteiger partial charge in [-0.3, -0.25) is 14.2 Å². The van der Waals surface area contributed by atoms with E-state index in [-0.39, 0.29) is 36.3 Å². The van der Waals surface area contributed by atoms with Crippen LogP contribution in [0.1, 0.15) is 39.5 Å². The normalized spacial score (nSPS) is 17.2. The average Bonchev–Trinajstić information content (AvgIpc) is 3.22. The van der Waals surface area contributed by atoms with Crippen molar-refractivity contribution >= 4 is 46.7 Å². The Labute approximate surface area is 165 Å². The molecule has 2 amide bonds. The highest BCUT2D eigenvalue weighted by Crippen LogP contribution is 2.48. The van der Waals surface area contributed by atoms with Crippen LogP contribution in [-0.4, -0.2) is 49.8 Å². The van der Waals surface area contributed by atoms with Gasteiger partial charge in [0.25, 0.3) is 11.8 Å². The van der Waals surface area contributed by atoms with E-state index in [1.807, 2.05) is 32.2 Å². The zero-order valence-corrected chi connectivity index (χ0v) is 17.7. The van der Waals surface area contributed by atoms with Gasteiger partial charge >= 0.3 is 5.97 Å². The fraction of sp³-hybridized carbons (Fsp3) is 0.562. The molecule has 150 valence electrons. The lowest BCUT2D eigenvalue weighted by Gasteiger charge is -2.24. The van der Waals surface area contributed by atoms with E-state index in [1.54, 1.807) is 21.6 Å². The molecular weight excluding hydrogens is 411 g/mol. The summed E-state index contributed by atoms with van der Waals surface area (Å²) in [5, 5.41) is 1.45. The van der Waals surface area contributed by atoms with E-state index in [4.69, 9.17) is 4.84 Å². The van der Waals surface area contributed by atoms with E-state index in [0.29, 0.717) is 11.5 Å². The van der Waals surface area contributed by atoms with Crippen LogP contribution in [0.25, 0.3) is 0 Å². The Hall–Kier alpha value is -1.22. The Bertz CT molecular complexity index is 721. The maximum Gasteiger partial charge on any atom is 0.333 e. The molecule has 1 aromatic heterocycles. The van der Waals surface area contributed by atoms with Gasteiger partial charge in [0.05, 0.1) is 11.4 Å². The molecule has 1 fully saturated rings. The van der Waals surface area contributed by atoms with Gasteiger partial charge in [0.15, 0.2) is 0 Å². The topological polar surface area (TPSA) is 117 Å². The molecule has 1 aliphatic heterocycles. The van der Waals surface area contributed by atoms with Crippen molar-refractivity contribution in [3.8, 4) is 0 Å². The first-order chi connectivity index (χ1) is 12.6. The fourth-order valence-electron chi connectivity index (χ4n) is 2.19. The van der Waals surface area contributed by atoms with Crippen LogP contribution in [0.3, 0.4) is 0 Å². The summed E-state index contributed by atoms with van der Waals surface area (Å²) < 4.78 is 12.1. The molecule has 1 saturated heterocycles. The predicted molar refractivity (Wildman–Crippen MR) is 104 cm³/mol. The lowest BCUT2D eigenvalue weighted by Crippen LogP contribution is -2.32. The van der Waals surface area contributed by atoms with Crippen molar-refractivity contribution < 1.29 is 28.7 Å². The van der Waals surface area contributed by atoms with Crippen molar-refractivity contribution in [3.05, 3.63) is 18.3 Å². The number of carbonyl (C=O) groups is 3. The monoisotopic (exact) mass is 434 g/mol. The van der Waals surface area contributed by atoms with Crippen LogP contribution in [0.15, 0.2) is 23.4 Å². The summed E-state index contributed by atoms with van der Waals surface area (Å²) in [6, 6.07) is 3.85. The summed E-state index contributed by atoms with van der Waals surface area (Å²) in [5.41, 5.74) is 0. The number of carbonyl (C=O) groups excluding carboxylic acids is 3. The summed E-state index contributed by atoms with van der Waals surface area (Å²) in [4.78, 5) is 52.5. The number of aromatic nitrogens is 1. The molecule has 0 aliphatic carbocycles. The van der Waals surface area contributed by atoms with Crippen molar-refractivity contribution in [1.82, 2.24) is 10.0 Å². The molecule has 1 atom stereocenters. The minimum absolute atomic E-state index is 0.0118. The number of imide groups is 1. The minimum atomic E-state index is -3.52. The molecule has 0 radical (unpaired) electrons. The first-order valence-corrected chi connectivity index (χ1v) is 12.6. The van der Waals surface area contributed by atoms with E-state index in [9.17, 15) is 23.8 Å². The second-order valence-electron chi connectivity index (χ2n) is 6.80. The largest absolute Gasteiger partial charge is 0.356 e. The number of aromatic amines is 1. The Kier molecular flexibility index (Phi) is 7.62. The minimum Gasteiger partial charge on any atom is -0.356 e. The van der Waals surface area contributed by atoms with Crippen LogP contribution in [0.4, 0.5) is 0 Å². The van der Waals surface area contributed by atoms with Gasteiger partial charge < -0.3 is 14.7 Å². The molecule has 0 saturated carbocycles. The molecule has 11 heteroatoms. The van der Waals surface area contributed by atoms with E-state index >= 15 is 0 Å². The number of nitrogens with one attached hydrogen (secondary N) is 1. The highest BCUT2D eigenvalue weighted by molar-refractivity contribution is 8.77. The number of hydrogen-bond donors (Lipinski definition) is 2. The van der Waals surface area contributed by atoms with E-state index in [1.165, 1.54) is 0 Å². The zero-order chi connectivity index (χ0) is 20.1. The second kappa shape index (κ2) is 9.32. The van der Waals surface area contributed by atoms with Crippen LogP contribution >= 0.6 is 29.0 Å². The summed E-state index contributed by atoms with van der Waals surface area (Å²) in [6.45, 7) is 3.99. The second-order valence-corrected chi connectivity index (χ2v) is 12.3. The molecule has 1 unspecified atom stereocenters. The van der Waals surface area contributed by atoms with Gasteiger partial charge in [-0.15, -0.1) is 5.06 Å². The average molecular weight is 434 g/mol. The molecule has 2 heterocycles. The molecule has 1 aliphatic rings. The smallest absolute Gasteiger partial charge is 0.333 e. The predicted octanol–water partition coefficient (Wildman–Crippen LogP) is 3.19. The molecule has 2 rings (SSSR count). The third-order valence-corrected chi connectivity index (χ3v) is 9.01. The quantitative estimate of drug-likeness (QED) is 0.328. The van der Waals surface area contributed by atoms with Gasteiger partial charge in [0.1, 0.15) is 0 Å². The SMILES string of the molecule is CC(C)(CCP(=O)(O)CCC(=O)ON1C(=O)CCC1=O)SSc1ccc[nH]1. The van der Waals surface area contributed by atoms with Gasteiger partial charge in [-0.05, 0) is 43.2 Å². The van der Waals surface area contributed by atoms with Crippen LogP contribution < -0.4 is 0 Å². The van der Waals surface area contributed by atoms with Gasteiger partial charge in [-0.25, -0.2) is 4.79 Å². The first-order valence-electron chi connectivity index (χ1n) is 8.44. The van der Waals surface area contributed by atoms with Crippen molar-refractivity contribution in [1.29, 1.82) is 0 Å². The molecule has 27 heavy (non-hydrogen) atoms. The fourth-order valence-corrected chi connectivity index (χ4v) is 6.27. The number of amides is 2. The summed E-state index contributed by atoms with van der Waals surface area (Å²) in [7, 11) is -0.351. The van der Waals surface area contributed by atoms with Crippen LogP contribution in [-0.2, 0) is 23.8 Å². The summed E-state index contributed by atoms with van der Waals surface area (Å²) in [5.74, 6) is -2.00. The molecule has 0 bridgehead atoms. The highest BCUT2D eigenvalue weighted by Gasteiger charge is 2.33. The van der Waals surface area contributed by atoms with Crippen molar-refractivity contribution in [2.75, 3.05) is 12.3 Å². The first kappa shape index (κ1) is 22.1. The Morgan fingerprint density at radius 2 is 2.00 bits per heavy atom. The third kappa shape index (κ3) is 7.37. The molecule has 8 nitrogen and oxygen atoms in total. The number of nitrogens with zero attached hydrogens (tertiary/aromatic N) is 1. The van der Waals surface area contributed by atoms with Gasteiger partial charge in [0, 0.05) is 36.1 Å². The molecule has 2 N–H and O–H groups in total. The van der Waals surface area contributed by atoms with E-state index in [0.717, 1.165) is 5.03 Å². The lowest BCUT2D eigenvalue weighted by molar-refractivity contribution is -0.197. The van der Waals surface area contributed by atoms with Crippen LogP contribution in [0.2, 0.25) is 0 Å². The Morgan fingerprint density at radius 3 is 2.59 bits per heavy atom. The van der Waals surface area contributed by atoms with Crippen molar-refractivity contribution in [2.45, 2.75) is 49.3 Å². The number of rotatable bonds is 10. The maximum absolute atomic E-state index is 12.3.